The summed E-state index contributed by atoms with van der Waals surface area (Å²) >= 11 is 0. The second-order valence-electron chi connectivity index (χ2n) is 20.9. The smallest absolute Gasteiger partial charge is 0.246 e. The predicted octanol–water partition coefficient (Wildman–Crippen LogP) is -0.415. The maximum Gasteiger partial charge on any atom is 0.246 e. The maximum absolute atomic E-state index is 15.0. The van der Waals surface area contributed by atoms with Crippen LogP contribution < -0.4 is 59.2 Å². The zero-order chi connectivity index (χ0) is 58.7. The fourth-order valence-corrected chi connectivity index (χ4v) is 13.3. The summed E-state index contributed by atoms with van der Waals surface area (Å²) in [6.07, 6.45) is 2.33. The van der Waals surface area contributed by atoms with Crippen LogP contribution in [0, 0.1) is 5.92 Å². The molecule has 15 N–H and O–H groups in total. The van der Waals surface area contributed by atoms with Crippen LogP contribution in [0.2, 0.25) is 0 Å². The van der Waals surface area contributed by atoms with Crippen LogP contribution in [-0.4, -0.2) is 159 Å². The Morgan fingerprint density at radius 1 is 0.800 bits per heavy atom. The first-order valence-corrected chi connectivity index (χ1v) is 29.5. The number of rotatable bonds is 19. The zero-order valence-electron chi connectivity index (χ0n) is 45.8. The van der Waals surface area contributed by atoms with Crippen molar-refractivity contribution >= 4 is 80.7 Å². The van der Waals surface area contributed by atoms with Gasteiger partial charge in [0.25, 0.3) is 0 Å². The molecule has 1 aliphatic carbocycles. The number of primary amides is 2. The monoisotopic (exact) mass is 1150 g/mol. The van der Waals surface area contributed by atoms with Gasteiger partial charge in [0.15, 0.2) is 0 Å². The molecule has 10 amide bonds. The molecule has 26 heteroatoms. The zero-order valence-corrected chi connectivity index (χ0v) is 47.4. The van der Waals surface area contributed by atoms with E-state index >= 15 is 0 Å². The molecule has 2 aliphatic heterocycles. The van der Waals surface area contributed by atoms with Gasteiger partial charge in [-0.1, -0.05) is 85.4 Å². The second kappa shape index (κ2) is 30.8. The summed E-state index contributed by atoms with van der Waals surface area (Å²) in [5.41, 5.74) is 18.3. The standard InChI is InChI=1S/C54H79N11O13S2/c1-5-30(2)44-51(75)64-45(31(3)66)52(76)61-39(27-42(56)68)48(72)62-40(29-79-80-54(21-7-6-8-22-54)28-43(69)58-38(49(73)63-44)26-33-15-19-35(78-4)20-16-33)53(77)65-24-10-12-41(65)50(74)59-36(11-9-23-55)47(71)60-37(46(57)70)25-32-13-17-34(67)18-14-32/h13-20,30-31,36-41,44-45,66-67H,5-12,21-29,55H2,1-4H3,(H2,56,68)(H2,57,70)(H,58,69)(H,59,74)(H,60,71)(H,61,76)(H,62,72)(H,63,73)(H,64,75)/t30-,31+,36-,37-,38-,39-,40+,41-,44-,45?/m0/s1. The van der Waals surface area contributed by atoms with E-state index in [1.807, 2.05) is 0 Å². The molecule has 24 nitrogen and oxygen atoms in total. The van der Waals surface area contributed by atoms with Crippen LogP contribution in [0.15, 0.2) is 48.5 Å². The van der Waals surface area contributed by atoms with Crippen molar-refractivity contribution in [3.8, 4) is 11.5 Å². The normalized spacial score (nSPS) is 24.0. The molecule has 1 spiro atoms. The van der Waals surface area contributed by atoms with Crippen molar-refractivity contribution in [2.24, 2.45) is 23.1 Å². The van der Waals surface area contributed by atoms with E-state index in [1.165, 1.54) is 52.7 Å². The predicted molar refractivity (Wildman–Crippen MR) is 300 cm³/mol. The third-order valence-corrected chi connectivity index (χ3v) is 18.0. The lowest BCUT2D eigenvalue weighted by Gasteiger charge is -2.37. The molecule has 5 rings (SSSR count). The van der Waals surface area contributed by atoms with Crippen LogP contribution in [0.25, 0.3) is 0 Å². The van der Waals surface area contributed by atoms with Crippen LogP contribution >= 0.6 is 21.6 Å². The van der Waals surface area contributed by atoms with Crippen LogP contribution in [0.4, 0.5) is 0 Å². The Bertz CT molecular complexity index is 2500. The van der Waals surface area contributed by atoms with E-state index in [2.05, 4.69) is 37.2 Å². The SMILES string of the molecule is CC[C@H](C)[C@@H]1NC(=O)[C@H](Cc2ccc(OC)cc2)NC(=O)CC2(CCCCC2)SSC[C@H](C(=O)N2CCC[C@H]2C(=O)N[C@@H](CCCN)C(=O)N[C@@H](Cc2ccc(O)cc2)C(N)=O)NC(=O)[C@H](CC(N)=O)NC(=O)C([C@@H](C)O)NC1=O. The molecule has 10 atom stereocenters. The molecular weight excluding hydrogens is 1070 g/mol. The molecule has 2 aromatic rings. The number of hydrogen-bond acceptors (Lipinski definition) is 16. The number of aromatic hydroxyl groups is 1. The molecule has 0 bridgehead atoms. The fraction of sp³-hybridized carbons (Fsp3) is 0.593. The molecular formula is C54H79N11O13S2. The number of hydrogen-bond donors (Lipinski definition) is 12. The van der Waals surface area contributed by atoms with Crippen molar-refractivity contribution in [1.29, 1.82) is 0 Å². The number of carbonyl (C=O) groups is 10. The minimum atomic E-state index is -1.76. The summed E-state index contributed by atoms with van der Waals surface area (Å²) in [6, 6.07) is 1.83. The highest BCUT2D eigenvalue weighted by Crippen LogP contribution is 2.48. The summed E-state index contributed by atoms with van der Waals surface area (Å²) in [5, 5.41) is 39.3. The van der Waals surface area contributed by atoms with Gasteiger partial charge in [-0.3, -0.25) is 47.9 Å². The van der Waals surface area contributed by atoms with E-state index in [4.69, 9.17) is 21.9 Å². The number of ether oxygens (including phenoxy) is 1. The van der Waals surface area contributed by atoms with Crippen molar-refractivity contribution in [3.63, 3.8) is 0 Å². The summed E-state index contributed by atoms with van der Waals surface area (Å²) in [7, 11) is 4.05. The second-order valence-corrected chi connectivity index (χ2v) is 23.7. The van der Waals surface area contributed by atoms with Crippen molar-refractivity contribution in [3.05, 3.63) is 59.7 Å². The minimum absolute atomic E-state index is 0.00521. The summed E-state index contributed by atoms with van der Waals surface area (Å²) < 4.78 is 4.59. The first-order valence-electron chi connectivity index (χ1n) is 27.2. The Hall–Kier alpha value is -6.64. The van der Waals surface area contributed by atoms with Gasteiger partial charge in [-0.2, -0.15) is 0 Å². The molecule has 80 heavy (non-hydrogen) atoms. The molecule has 0 aromatic heterocycles. The average Bonchev–Trinajstić information content (AvgIpc) is 3.93. The van der Waals surface area contributed by atoms with E-state index in [-0.39, 0.29) is 63.1 Å². The molecule has 0 radical (unpaired) electrons. The van der Waals surface area contributed by atoms with Crippen molar-refractivity contribution in [2.75, 3.05) is 26.0 Å². The number of benzene rings is 2. The van der Waals surface area contributed by atoms with Gasteiger partial charge in [0, 0.05) is 36.3 Å². The van der Waals surface area contributed by atoms with Gasteiger partial charge in [0.2, 0.25) is 59.1 Å². The number of aliphatic hydroxyl groups excluding tert-OH is 1. The Kier molecular flexibility index (Phi) is 24.7. The van der Waals surface area contributed by atoms with Crippen LogP contribution in [0.1, 0.15) is 109 Å². The van der Waals surface area contributed by atoms with Crippen molar-refractivity contribution in [2.45, 2.75) is 170 Å². The van der Waals surface area contributed by atoms with Gasteiger partial charge in [-0.05, 0) is 93.3 Å². The highest BCUT2D eigenvalue weighted by molar-refractivity contribution is 8.77. The molecule has 3 fully saturated rings. The van der Waals surface area contributed by atoms with E-state index in [0.29, 0.717) is 42.6 Å². The van der Waals surface area contributed by atoms with Crippen LogP contribution in [0.3, 0.4) is 0 Å². The number of methoxy groups -OCH3 is 1. The molecule has 2 heterocycles. The van der Waals surface area contributed by atoms with Crippen LogP contribution in [0.5, 0.6) is 11.5 Å². The van der Waals surface area contributed by atoms with Crippen LogP contribution in [-0.2, 0) is 60.8 Å². The number of carbonyl (C=O) groups excluding carboxylic acids is 10. The van der Waals surface area contributed by atoms with E-state index in [0.717, 1.165) is 19.3 Å². The number of aliphatic hydroxyl groups is 1. The Balaban J connectivity index is 1.48. The number of amides is 10. The number of nitrogens with zero attached hydrogens (tertiary/aromatic N) is 1. The largest absolute Gasteiger partial charge is 0.508 e. The molecule has 3 aliphatic rings. The topological polar surface area (TPSA) is 386 Å². The molecule has 1 saturated carbocycles. The minimum Gasteiger partial charge on any atom is -0.508 e. The van der Waals surface area contributed by atoms with E-state index in [9.17, 15) is 58.2 Å². The lowest BCUT2D eigenvalue weighted by Crippen LogP contribution is -2.63. The number of nitrogens with one attached hydrogen (secondary N) is 7. The summed E-state index contributed by atoms with van der Waals surface area (Å²) in [4.78, 5) is 141. The number of likely N-dealkylation sites (tertiary alicyclic amines) is 1. The van der Waals surface area contributed by atoms with Gasteiger partial charge in [-0.25, -0.2) is 0 Å². The number of nitrogens with two attached hydrogens (primary N) is 3. The van der Waals surface area contributed by atoms with Gasteiger partial charge in [0.1, 0.15) is 59.8 Å². The Labute approximate surface area is 473 Å². The van der Waals surface area contributed by atoms with E-state index < -0.39 is 131 Å². The van der Waals surface area contributed by atoms with Crippen molar-refractivity contribution < 1.29 is 62.9 Å². The van der Waals surface area contributed by atoms with Crippen molar-refractivity contribution in [1.82, 2.24) is 42.1 Å². The highest BCUT2D eigenvalue weighted by Gasteiger charge is 2.43. The average molecular weight is 1150 g/mol. The van der Waals surface area contributed by atoms with Gasteiger partial charge < -0.3 is 74.3 Å². The molecule has 2 aromatic carbocycles. The quantitative estimate of drug-likeness (QED) is 0.0796. The molecule has 2 saturated heterocycles. The third kappa shape index (κ3) is 18.7. The third-order valence-electron chi connectivity index (χ3n) is 14.7. The Morgan fingerprint density at radius 2 is 1.44 bits per heavy atom. The lowest BCUT2D eigenvalue weighted by atomic mass is 9.85. The maximum atomic E-state index is 15.0. The summed E-state index contributed by atoms with van der Waals surface area (Å²) in [5.74, 6) is -8.38. The molecule has 1 unspecified atom stereocenters. The summed E-state index contributed by atoms with van der Waals surface area (Å²) in [6.45, 7) is 4.88. The van der Waals surface area contributed by atoms with Gasteiger partial charge in [0.05, 0.1) is 19.6 Å². The number of phenolic OH excluding ortho intramolecular Hbond substituents is 1. The highest BCUT2D eigenvalue weighted by atomic mass is 33.1. The van der Waals surface area contributed by atoms with E-state index in [1.54, 1.807) is 50.2 Å². The number of phenols is 1. The first-order chi connectivity index (χ1) is 38.1. The van der Waals surface area contributed by atoms with Gasteiger partial charge >= 0.3 is 0 Å². The lowest BCUT2D eigenvalue weighted by molar-refractivity contribution is -0.142. The fourth-order valence-electron chi connectivity index (χ4n) is 9.91. The Morgan fingerprint density at radius 3 is 2.05 bits per heavy atom. The molecule has 440 valence electrons. The van der Waals surface area contributed by atoms with Gasteiger partial charge in [-0.15, -0.1) is 0 Å². The first kappa shape index (κ1) is 64.2.